The Balaban J connectivity index is 3.46. The van der Waals surface area contributed by atoms with Crippen molar-refractivity contribution in [3.8, 4) is 0 Å². The van der Waals surface area contributed by atoms with E-state index in [1.165, 1.54) is 0 Å². The Morgan fingerprint density at radius 1 is 1.67 bits per heavy atom. The molecule has 54 valence electrons. The number of rotatable bonds is 3. The van der Waals surface area contributed by atoms with Crippen LogP contribution in [0.25, 0.3) is 0 Å². The maximum atomic E-state index is 10.7. The number of likely N-dealkylation sites (N-methyl/N-ethyl adjacent to an activating group) is 1. The van der Waals surface area contributed by atoms with Crippen LogP contribution in [-0.4, -0.2) is 18.5 Å². The molecule has 0 fully saturated rings. The second kappa shape index (κ2) is 4.32. The predicted octanol–water partition coefficient (Wildman–Crippen LogP) is -0.140. The minimum absolute atomic E-state index is 0.0556. The molecule has 0 saturated carbocycles. The zero-order valence-corrected chi connectivity index (χ0v) is 5.98. The van der Waals surface area contributed by atoms with Crippen LogP contribution in [0.5, 0.6) is 0 Å². The lowest BCUT2D eigenvalue weighted by Gasteiger charge is -2.06. The van der Waals surface area contributed by atoms with Crippen LogP contribution < -0.4 is 11.1 Å². The first kappa shape index (κ1) is 8.43. The first-order chi connectivity index (χ1) is 4.22. The van der Waals surface area contributed by atoms with Gasteiger partial charge in [-0.25, -0.2) is 0 Å². The Morgan fingerprint density at radius 2 is 2.22 bits per heavy atom. The van der Waals surface area contributed by atoms with Gasteiger partial charge in [-0.2, -0.15) is 0 Å². The number of nitrogens with two attached hydrogens (primary N) is 1. The molecule has 0 radical (unpaired) electrons. The van der Waals surface area contributed by atoms with E-state index in [-0.39, 0.29) is 11.9 Å². The van der Waals surface area contributed by atoms with Gasteiger partial charge in [0.15, 0.2) is 0 Å². The van der Waals surface area contributed by atoms with Crippen LogP contribution in [0.3, 0.4) is 0 Å². The van der Waals surface area contributed by atoms with E-state index >= 15 is 0 Å². The molecule has 0 saturated heterocycles. The van der Waals surface area contributed by atoms with Crippen molar-refractivity contribution in [3.05, 3.63) is 0 Å². The molecule has 1 amide bonds. The van der Waals surface area contributed by atoms with Gasteiger partial charge >= 0.3 is 0 Å². The molecule has 3 N–H and O–H groups in total. The Bertz CT molecular complexity index is 93.1. The Labute approximate surface area is 55.6 Å². The highest BCUT2D eigenvalue weighted by Gasteiger charge is 2.07. The smallest absolute Gasteiger partial charge is 0.236 e. The van der Waals surface area contributed by atoms with Gasteiger partial charge in [-0.3, -0.25) is 4.79 Å². The minimum atomic E-state index is -0.329. The van der Waals surface area contributed by atoms with Crippen molar-refractivity contribution in [1.82, 2.24) is 5.32 Å². The van der Waals surface area contributed by atoms with Crippen LogP contribution in [0.1, 0.15) is 20.3 Å². The van der Waals surface area contributed by atoms with E-state index in [2.05, 4.69) is 5.32 Å². The molecule has 0 bridgehead atoms. The van der Waals surface area contributed by atoms with Crippen molar-refractivity contribution in [1.29, 1.82) is 0 Å². The summed E-state index contributed by atoms with van der Waals surface area (Å²) < 4.78 is 0. The van der Waals surface area contributed by atoms with Gasteiger partial charge < -0.3 is 11.1 Å². The number of amides is 1. The summed E-state index contributed by atoms with van der Waals surface area (Å²) in [5.74, 6) is -0.0556. The van der Waals surface area contributed by atoms with Gasteiger partial charge in [0, 0.05) is 6.54 Å². The molecule has 0 aromatic rings. The van der Waals surface area contributed by atoms with Crippen LogP contribution in [0, 0.1) is 0 Å². The molecule has 0 rings (SSSR count). The molecular formula is C6H14N2O. The molecule has 0 aliphatic heterocycles. The van der Waals surface area contributed by atoms with Gasteiger partial charge in [-0.05, 0) is 13.3 Å². The van der Waals surface area contributed by atoms with Crippen LogP contribution in [0.4, 0.5) is 0 Å². The third-order valence-corrected chi connectivity index (χ3v) is 1.13. The zero-order chi connectivity index (χ0) is 7.28. The Morgan fingerprint density at radius 3 is 2.56 bits per heavy atom. The van der Waals surface area contributed by atoms with Gasteiger partial charge in [-0.15, -0.1) is 0 Å². The summed E-state index contributed by atoms with van der Waals surface area (Å²) >= 11 is 0. The molecule has 0 aromatic heterocycles. The molecule has 0 aliphatic rings. The maximum Gasteiger partial charge on any atom is 0.236 e. The molecular weight excluding hydrogens is 116 g/mol. The van der Waals surface area contributed by atoms with E-state index in [0.29, 0.717) is 13.0 Å². The lowest BCUT2D eigenvalue weighted by molar-refractivity contribution is -0.122. The van der Waals surface area contributed by atoms with Crippen LogP contribution >= 0.6 is 0 Å². The fourth-order valence-corrected chi connectivity index (χ4v) is 0.491. The molecule has 9 heavy (non-hydrogen) atoms. The van der Waals surface area contributed by atoms with Crippen LogP contribution in [-0.2, 0) is 4.79 Å². The van der Waals surface area contributed by atoms with E-state index in [0.717, 1.165) is 0 Å². The first-order valence-electron chi connectivity index (χ1n) is 3.25. The zero-order valence-electron chi connectivity index (χ0n) is 5.98. The van der Waals surface area contributed by atoms with Crippen molar-refractivity contribution >= 4 is 5.91 Å². The molecule has 1 atom stereocenters. The fourth-order valence-electron chi connectivity index (χ4n) is 0.491. The Hall–Kier alpha value is -0.570. The maximum absolute atomic E-state index is 10.7. The normalized spacial score (nSPS) is 12.8. The summed E-state index contributed by atoms with van der Waals surface area (Å²) in [6.07, 6.45) is 0.700. The topological polar surface area (TPSA) is 55.1 Å². The highest BCUT2D eigenvalue weighted by molar-refractivity contribution is 5.81. The van der Waals surface area contributed by atoms with Crippen molar-refractivity contribution in [2.45, 2.75) is 26.3 Å². The number of carbonyl (C=O) groups is 1. The summed E-state index contributed by atoms with van der Waals surface area (Å²) in [5, 5.41) is 2.63. The molecule has 0 unspecified atom stereocenters. The van der Waals surface area contributed by atoms with Crippen molar-refractivity contribution in [2.75, 3.05) is 6.54 Å². The van der Waals surface area contributed by atoms with E-state index in [1.54, 1.807) is 0 Å². The lowest BCUT2D eigenvalue weighted by atomic mass is 10.2. The van der Waals surface area contributed by atoms with Gasteiger partial charge in [0.2, 0.25) is 5.91 Å². The number of hydrogen-bond donors (Lipinski definition) is 2. The monoisotopic (exact) mass is 130 g/mol. The summed E-state index contributed by atoms with van der Waals surface area (Å²) in [4.78, 5) is 10.7. The Kier molecular flexibility index (Phi) is 4.05. The molecule has 0 aliphatic carbocycles. The highest BCUT2D eigenvalue weighted by Crippen LogP contribution is 1.83. The van der Waals surface area contributed by atoms with Crippen molar-refractivity contribution in [2.24, 2.45) is 5.73 Å². The predicted molar refractivity (Wildman–Crippen MR) is 37.0 cm³/mol. The van der Waals surface area contributed by atoms with Crippen LogP contribution in [0.15, 0.2) is 0 Å². The van der Waals surface area contributed by atoms with Gasteiger partial charge in [0.05, 0.1) is 6.04 Å². The SMILES string of the molecule is CCNC(=O)[C@H](N)CC. The third kappa shape index (κ3) is 3.08. The minimum Gasteiger partial charge on any atom is -0.355 e. The second-order valence-electron chi connectivity index (χ2n) is 1.91. The van der Waals surface area contributed by atoms with Crippen LogP contribution in [0.2, 0.25) is 0 Å². The molecule has 3 heteroatoms. The average Bonchev–Trinajstić information content (AvgIpc) is 1.87. The van der Waals surface area contributed by atoms with Crippen molar-refractivity contribution in [3.63, 3.8) is 0 Å². The van der Waals surface area contributed by atoms with E-state index in [9.17, 15) is 4.79 Å². The third-order valence-electron chi connectivity index (χ3n) is 1.13. The van der Waals surface area contributed by atoms with E-state index in [4.69, 9.17) is 5.73 Å². The van der Waals surface area contributed by atoms with Gasteiger partial charge in [0.1, 0.15) is 0 Å². The molecule has 0 spiro atoms. The summed E-state index contributed by atoms with van der Waals surface area (Å²) in [6, 6.07) is -0.329. The first-order valence-corrected chi connectivity index (χ1v) is 3.25. The summed E-state index contributed by atoms with van der Waals surface area (Å²) in [5.41, 5.74) is 5.39. The number of carbonyl (C=O) groups excluding carboxylic acids is 1. The summed E-state index contributed by atoms with van der Waals surface area (Å²) in [7, 11) is 0. The molecule has 0 aromatic carbocycles. The number of hydrogen-bond acceptors (Lipinski definition) is 2. The van der Waals surface area contributed by atoms with E-state index < -0.39 is 0 Å². The molecule has 0 heterocycles. The largest absolute Gasteiger partial charge is 0.355 e. The lowest BCUT2D eigenvalue weighted by Crippen LogP contribution is -2.39. The fraction of sp³-hybridized carbons (Fsp3) is 0.833. The van der Waals surface area contributed by atoms with Gasteiger partial charge in [0.25, 0.3) is 0 Å². The highest BCUT2D eigenvalue weighted by atomic mass is 16.2. The quantitative estimate of drug-likeness (QED) is 0.558. The molecule has 3 nitrogen and oxygen atoms in total. The summed E-state index contributed by atoms with van der Waals surface area (Å²) in [6.45, 7) is 4.42. The van der Waals surface area contributed by atoms with Crippen molar-refractivity contribution < 1.29 is 4.79 Å². The van der Waals surface area contributed by atoms with Gasteiger partial charge in [-0.1, -0.05) is 6.92 Å². The average molecular weight is 130 g/mol. The standard InChI is InChI=1S/C6H14N2O/c1-3-5(7)6(9)8-4-2/h5H,3-4,7H2,1-2H3,(H,8,9)/t5-/m1/s1. The van der Waals surface area contributed by atoms with E-state index in [1.807, 2.05) is 13.8 Å². The number of nitrogens with one attached hydrogen (secondary N) is 1. The second-order valence-corrected chi connectivity index (χ2v) is 1.91.